The van der Waals surface area contributed by atoms with Crippen LogP contribution >= 0.6 is 22.9 Å². The molecule has 0 saturated heterocycles. The lowest BCUT2D eigenvalue weighted by atomic mass is 9.97. The average Bonchev–Trinajstić information content (AvgIpc) is 2.42. The van der Waals surface area contributed by atoms with Crippen molar-refractivity contribution in [1.29, 1.82) is 0 Å². The summed E-state index contributed by atoms with van der Waals surface area (Å²) in [6.07, 6.45) is -1.73. The molecule has 2 amide bonds. The second-order valence-corrected chi connectivity index (χ2v) is 4.76. The van der Waals surface area contributed by atoms with Gasteiger partial charge in [0, 0.05) is 19.9 Å². The molecule has 1 rings (SSSR count). The van der Waals surface area contributed by atoms with Crippen LogP contribution in [0.2, 0.25) is 0 Å². The second-order valence-electron chi connectivity index (χ2n) is 4.22. The second kappa shape index (κ2) is 8.27. The zero-order chi connectivity index (χ0) is 15.1. The maximum Gasteiger partial charge on any atom is 0.416 e. The highest BCUT2D eigenvalue weighted by atomic mass is 127. The van der Waals surface area contributed by atoms with E-state index >= 15 is 0 Å². The molecule has 0 radical (unpaired) electrons. The maximum atomic E-state index is 11.2. The molecule has 0 aliphatic heterocycles. The van der Waals surface area contributed by atoms with Gasteiger partial charge in [0.25, 0.3) is 0 Å². The Hall–Kier alpha value is -1.07. The van der Waals surface area contributed by atoms with E-state index in [1.807, 2.05) is 0 Å². The van der Waals surface area contributed by atoms with Crippen LogP contribution in [0, 0.1) is 0 Å². The molecule has 1 aliphatic carbocycles. The first-order valence-corrected chi connectivity index (χ1v) is 7.04. The summed E-state index contributed by atoms with van der Waals surface area (Å²) < 4.78 is 12.3. The fourth-order valence-corrected chi connectivity index (χ4v) is 1.85. The molecule has 0 aromatic carbocycles. The summed E-state index contributed by atoms with van der Waals surface area (Å²) >= 11 is 1.62. The molecule has 0 fully saturated rings. The van der Waals surface area contributed by atoms with Crippen LogP contribution in [0.25, 0.3) is 0 Å². The highest BCUT2D eigenvalue weighted by molar-refractivity contribution is 14.1. The number of amides is 2. The summed E-state index contributed by atoms with van der Waals surface area (Å²) in [5.74, 6) is 0. The van der Waals surface area contributed by atoms with Crippen molar-refractivity contribution in [3.63, 3.8) is 0 Å². The first-order chi connectivity index (χ1) is 9.46. The van der Waals surface area contributed by atoms with Crippen LogP contribution in [0.1, 0.15) is 12.8 Å². The van der Waals surface area contributed by atoms with Crippen LogP contribution in [0.4, 0.5) is 9.59 Å². The highest BCUT2D eigenvalue weighted by Gasteiger charge is 2.28. The fraction of sp³-hybridized carbons (Fsp3) is 0.636. The molecule has 0 aromatic rings. The summed E-state index contributed by atoms with van der Waals surface area (Å²) in [6, 6.07) is 0. The van der Waals surface area contributed by atoms with Gasteiger partial charge in [-0.3, -0.25) is 3.53 Å². The molecular formula is C11H17IN2O6. The van der Waals surface area contributed by atoms with Gasteiger partial charge < -0.3 is 25.0 Å². The van der Waals surface area contributed by atoms with Crippen molar-refractivity contribution in [3.8, 4) is 0 Å². The molecule has 4 atom stereocenters. The van der Waals surface area contributed by atoms with E-state index in [1.54, 1.807) is 22.9 Å². The average molecular weight is 400 g/mol. The van der Waals surface area contributed by atoms with Gasteiger partial charge in [0.15, 0.2) is 0 Å². The lowest BCUT2D eigenvalue weighted by Crippen LogP contribution is -2.38. The van der Waals surface area contributed by atoms with Crippen molar-refractivity contribution in [2.75, 3.05) is 7.05 Å². The van der Waals surface area contributed by atoms with Crippen molar-refractivity contribution in [2.24, 2.45) is 0 Å². The predicted octanol–water partition coefficient (Wildman–Crippen LogP) is 0.228. The Morgan fingerprint density at radius 3 is 1.95 bits per heavy atom. The third-order valence-electron chi connectivity index (χ3n) is 2.73. The minimum absolute atomic E-state index is 0.0639. The normalized spacial score (nSPS) is 31.4. The van der Waals surface area contributed by atoms with E-state index < -0.39 is 36.6 Å². The minimum atomic E-state index is -1.08. The lowest BCUT2D eigenvalue weighted by molar-refractivity contribution is -0.0301. The zero-order valence-electron chi connectivity index (χ0n) is 10.8. The van der Waals surface area contributed by atoms with Crippen LogP contribution in [-0.4, -0.2) is 53.9 Å². The van der Waals surface area contributed by atoms with Gasteiger partial charge in [-0.05, 0) is 12.2 Å². The Morgan fingerprint density at radius 2 is 1.55 bits per heavy atom. The summed E-state index contributed by atoms with van der Waals surface area (Å²) in [5.41, 5.74) is 0. The van der Waals surface area contributed by atoms with E-state index in [9.17, 15) is 19.8 Å². The Balaban J connectivity index is 2.75. The number of carbonyl (C=O) groups excluding carboxylic acids is 2. The number of aliphatic hydroxyl groups excluding tert-OH is 2. The molecule has 0 heterocycles. The molecule has 0 saturated carbocycles. The lowest BCUT2D eigenvalue weighted by Gasteiger charge is -2.27. The van der Waals surface area contributed by atoms with Crippen molar-refractivity contribution in [2.45, 2.75) is 37.3 Å². The summed E-state index contributed by atoms with van der Waals surface area (Å²) in [5, 5.41) is 21.9. The van der Waals surface area contributed by atoms with E-state index in [4.69, 9.17) is 9.47 Å². The molecule has 0 bridgehead atoms. The Bertz CT molecular complexity index is 344. The van der Waals surface area contributed by atoms with E-state index in [-0.39, 0.29) is 12.8 Å². The molecule has 8 nitrogen and oxygen atoms in total. The topological polar surface area (TPSA) is 117 Å². The standard InChI is InChI=1S/C11H17IN2O6/c1-13-10(17)19-6-2-3-7(20-11(18)14-12)5-9(16)8(15)4-6/h2-3,6-9,15-16H,4-5H2,1H3,(H,13,17)(H,14,18)/b3-2+. The fourth-order valence-electron chi connectivity index (χ4n) is 1.73. The van der Waals surface area contributed by atoms with Gasteiger partial charge in [0.1, 0.15) is 12.2 Å². The van der Waals surface area contributed by atoms with Crippen molar-refractivity contribution < 1.29 is 29.3 Å². The Morgan fingerprint density at radius 1 is 1.10 bits per heavy atom. The molecule has 1 aliphatic rings. The summed E-state index contributed by atoms with van der Waals surface area (Å²) in [6.45, 7) is 0. The number of halogens is 1. The Kier molecular flexibility index (Phi) is 7.02. The Labute approximate surface area is 130 Å². The van der Waals surface area contributed by atoms with Crippen molar-refractivity contribution in [1.82, 2.24) is 8.85 Å². The first-order valence-electron chi connectivity index (χ1n) is 5.96. The number of nitrogens with one attached hydrogen (secondary N) is 2. The molecule has 4 unspecified atom stereocenters. The molecule has 114 valence electrons. The van der Waals surface area contributed by atoms with Gasteiger partial charge in [0.2, 0.25) is 0 Å². The van der Waals surface area contributed by atoms with E-state index in [0.717, 1.165) is 0 Å². The van der Waals surface area contributed by atoms with Gasteiger partial charge in [-0.25, -0.2) is 9.59 Å². The number of hydrogen-bond acceptors (Lipinski definition) is 6. The predicted molar refractivity (Wildman–Crippen MR) is 77.1 cm³/mol. The number of hydrogen-bond donors (Lipinski definition) is 4. The molecule has 0 spiro atoms. The highest BCUT2D eigenvalue weighted by Crippen LogP contribution is 2.18. The third-order valence-corrected chi connectivity index (χ3v) is 3.17. The maximum absolute atomic E-state index is 11.2. The van der Waals surface area contributed by atoms with Crippen LogP contribution in [0.3, 0.4) is 0 Å². The smallest absolute Gasteiger partial charge is 0.416 e. The molecule has 9 heteroatoms. The molecule has 0 aromatic heterocycles. The van der Waals surface area contributed by atoms with Gasteiger partial charge in [-0.2, -0.15) is 0 Å². The largest absolute Gasteiger partial charge is 0.442 e. The zero-order valence-corrected chi connectivity index (χ0v) is 12.9. The van der Waals surface area contributed by atoms with E-state index in [0.29, 0.717) is 0 Å². The van der Waals surface area contributed by atoms with Crippen LogP contribution in [-0.2, 0) is 9.47 Å². The number of aliphatic hydroxyl groups is 2. The SMILES string of the molecule is CNC(=O)OC1/C=C/C(OC(=O)NI)CC(O)C(O)C1. The van der Waals surface area contributed by atoms with Gasteiger partial charge >= 0.3 is 12.2 Å². The van der Waals surface area contributed by atoms with Gasteiger partial charge in [-0.1, -0.05) is 0 Å². The van der Waals surface area contributed by atoms with Crippen molar-refractivity contribution >= 4 is 35.1 Å². The number of alkyl carbamates (subject to hydrolysis) is 1. The molecule has 20 heavy (non-hydrogen) atoms. The minimum Gasteiger partial charge on any atom is -0.442 e. The summed E-state index contributed by atoms with van der Waals surface area (Å²) in [4.78, 5) is 22.3. The quantitative estimate of drug-likeness (QED) is 0.300. The first kappa shape index (κ1) is 17.0. The molecule has 4 N–H and O–H groups in total. The van der Waals surface area contributed by atoms with Crippen molar-refractivity contribution in [3.05, 3.63) is 12.2 Å². The van der Waals surface area contributed by atoms with E-state index in [1.165, 1.54) is 19.2 Å². The summed E-state index contributed by atoms with van der Waals surface area (Å²) in [7, 11) is 1.41. The van der Waals surface area contributed by atoms with Crippen LogP contribution < -0.4 is 8.85 Å². The van der Waals surface area contributed by atoms with E-state index in [2.05, 4.69) is 8.85 Å². The molecular weight excluding hydrogens is 383 g/mol. The van der Waals surface area contributed by atoms with Gasteiger partial charge in [-0.15, -0.1) is 0 Å². The van der Waals surface area contributed by atoms with Gasteiger partial charge in [0.05, 0.1) is 35.1 Å². The van der Waals surface area contributed by atoms with Crippen LogP contribution in [0.5, 0.6) is 0 Å². The monoisotopic (exact) mass is 400 g/mol. The number of carbonyl (C=O) groups is 2. The van der Waals surface area contributed by atoms with Crippen LogP contribution in [0.15, 0.2) is 12.2 Å². The number of ether oxygens (including phenoxy) is 2. The third kappa shape index (κ3) is 5.51. The number of rotatable bonds is 2.